The third-order valence-electron chi connectivity index (χ3n) is 8.80. The first-order valence-corrected chi connectivity index (χ1v) is 17.4. The largest absolute Gasteiger partial charge is 0.315 e. The van der Waals surface area contributed by atoms with Gasteiger partial charge in [-0.2, -0.15) is 14.7 Å². The second-order valence-electron chi connectivity index (χ2n) is 12.6. The topological polar surface area (TPSA) is 135 Å². The average molecular weight is 676 g/mol. The molecule has 1 amide bonds. The van der Waals surface area contributed by atoms with Gasteiger partial charge in [0.15, 0.2) is 0 Å². The molecule has 5 aromatic rings. The van der Waals surface area contributed by atoms with Crippen molar-refractivity contribution in [3.63, 3.8) is 0 Å². The maximum atomic E-state index is 13.8. The molecule has 2 aromatic heterocycles. The van der Waals surface area contributed by atoms with Crippen LogP contribution in [0.2, 0.25) is 0 Å². The van der Waals surface area contributed by atoms with E-state index in [1.54, 1.807) is 70.2 Å². The first kappa shape index (κ1) is 33.4. The summed E-state index contributed by atoms with van der Waals surface area (Å²) in [6.45, 7) is 6.73. The number of rotatable bonds is 8. The van der Waals surface area contributed by atoms with Crippen LogP contribution in [0.3, 0.4) is 0 Å². The lowest BCUT2D eigenvalue weighted by molar-refractivity contribution is -0.112. The number of aromatic nitrogens is 4. The highest BCUT2D eigenvalue weighted by atomic mass is 32.2. The maximum absolute atomic E-state index is 13.8. The molecule has 2 unspecified atom stereocenters. The number of benzene rings is 3. The molecule has 3 heterocycles. The van der Waals surface area contributed by atoms with Crippen LogP contribution < -0.4 is 10.9 Å². The fourth-order valence-corrected chi connectivity index (χ4v) is 8.11. The predicted molar refractivity (Wildman–Crippen MR) is 189 cm³/mol. The van der Waals surface area contributed by atoms with Gasteiger partial charge >= 0.3 is 0 Å². The lowest BCUT2D eigenvalue weighted by Gasteiger charge is -2.34. The Labute approximate surface area is 285 Å². The molecule has 3 aromatic carbocycles. The van der Waals surface area contributed by atoms with E-state index in [0.717, 1.165) is 12.1 Å². The zero-order valence-electron chi connectivity index (χ0n) is 27.7. The quantitative estimate of drug-likeness (QED) is 0.169. The Bertz CT molecular complexity index is 2250. The molecule has 2 atom stereocenters. The zero-order chi connectivity index (χ0) is 34.9. The summed E-state index contributed by atoms with van der Waals surface area (Å²) in [6, 6.07) is 26.9. The minimum Gasteiger partial charge on any atom is -0.315 e. The van der Waals surface area contributed by atoms with E-state index in [0.29, 0.717) is 41.3 Å². The summed E-state index contributed by atoms with van der Waals surface area (Å²) in [4.78, 5) is 27.2. The number of amides is 1. The minimum atomic E-state index is -3.79. The lowest BCUT2D eigenvalue weighted by Crippen LogP contribution is -2.42. The second kappa shape index (κ2) is 13.5. The lowest BCUT2D eigenvalue weighted by atomic mass is 9.94. The summed E-state index contributed by atoms with van der Waals surface area (Å²) in [5.41, 5.74) is 2.51. The molecule has 0 spiro atoms. The molecule has 1 saturated heterocycles. The van der Waals surface area contributed by atoms with Crippen LogP contribution in [0.1, 0.15) is 31.5 Å². The van der Waals surface area contributed by atoms with Gasteiger partial charge in [0, 0.05) is 37.5 Å². The molecule has 0 saturated carbocycles. The van der Waals surface area contributed by atoms with Crippen LogP contribution >= 0.6 is 0 Å². The van der Waals surface area contributed by atoms with E-state index in [9.17, 15) is 23.3 Å². The number of nitriles is 1. The molecule has 1 N–H and O–H groups in total. The molecular formula is C37H37N7O4S. The Hall–Kier alpha value is -5.51. The van der Waals surface area contributed by atoms with Crippen molar-refractivity contribution in [2.75, 3.05) is 18.4 Å². The molecule has 250 valence electrons. The smallest absolute Gasteiger partial charge is 0.295 e. The van der Waals surface area contributed by atoms with Crippen molar-refractivity contribution in [2.24, 2.45) is 18.9 Å². The Morgan fingerprint density at radius 3 is 2.22 bits per heavy atom. The highest BCUT2D eigenvalue weighted by Crippen LogP contribution is 2.31. The number of hydrogen-bond donors (Lipinski definition) is 1. The second-order valence-corrected chi connectivity index (χ2v) is 14.5. The fourth-order valence-electron chi connectivity index (χ4n) is 6.38. The molecule has 6 rings (SSSR count). The Morgan fingerprint density at radius 2 is 1.59 bits per heavy atom. The van der Waals surface area contributed by atoms with Crippen LogP contribution in [0.4, 0.5) is 5.69 Å². The van der Waals surface area contributed by atoms with Crippen molar-refractivity contribution in [3.05, 3.63) is 118 Å². The number of carbonyl (C=O) groups excluding carboxylic acids is 1. The molecule has 11 nitrogen and oxygen atoms in total. The number of anilines is 1. The van der Waals surface area contributed by atoms with Crippen LogP contribution in [0.25, 0.3) is 28.7 Å². The van der Waals surface area contributed by atoms with E-state index in [1.807, 2.05) is 54.6 Å². The number of hydrogen-bond acceptors (Lipinski definition) is 6. The van der Waals surface area contributed by atoms with Crippen molar-refractivity contribution in [3.8, 4) is 28.7 Å². The number of carbonyl (C=O) groups is 1. The van der Waals surface area contributed by atoms with Crippen LogP contribution in [0.15, 0.2) is 106 Å². The van der Waals surface area contributed by atoms with Gasteiger partial charge in [0.1, 0.15) is 23.0 Å². The maximum Gasteiger partial charge on any atom is 0.295 e. The van der Waals surface area contributed by atoms with E-state index >= 15 is 0 Å². The average Bonchev–Trinajstić information content (AvgIpc) is 3.61. The van der Waals surface area contributed by atoms with Crippen LogP contribution in [0, 0.1) is 30.1 Å². The third kappa shape index (κ3) is 6.63. The normalized spacial score (nSPS) is 17.1. The molecule has 12 heteroatoms. The molecule has 0 bridgehead atoms. The molecule has 1 aliphatic heterocycles. The molecular weight excluding hydrogens is 639 g/mol. The molecule has 49 heavy (non-hydrogen) atoms. The summed E-state index contributed by atoms with van der Waals surface area (Å²) in [5.74, 6) is -0.274. The highest BCUT2D eigenvalue weighted by molar-refractivity contribution is 7.89. The Morgan fingerprint density at radius 1 is 0.959 bits per heavy atom. The van der Waals surface area contributed by atoms with E-state index in [-0.39, 0.29) is 28.0 Å². The van der Waals surface area contributed by atoms with Gasteiger partial charge in [-0.25, -0.2) is 17.8 Å². The van der Waals surface area contributed by atoms with Gasteiger partial charge in [0.05, 0.1) is 22.0 Å². The summed E-state index contributed by atoms with van der Waals surface area (Å²) in [6.07, 6.45) is 4.06. The first-order valence-electron chi connectivity index (χ1n) is 16.0. The van der Waals surface area contributed by atoms with Crippen LogP contribution in [0.5, 0.6) is 0 Å². The molecule has 0 aliphatic carbocycles. The molecule has 1 aliphatic rings. The van der Waals surface area contributed by atoms with E-state index in [2.05, 4.69) is 19.2 Å². The SMILES string of the molecule is Cc1c(NC(=O)C(C#N)=Cc2cn(-c3ccccc3)nc2-c2cccc(S(=O)(=O)N3CC(C)CC(C)C3)c2)c(=O)n(-c2ccccc2)n1C. The predicted octanol–water partition coefficient (Wildman–Crippen LogP) is 5.55. The van der Waals surface area contributed by atoms with E-state index in [1.165, 1.54) is 10.8 Å². The van der Waals surface area contributed by atoms with Crippen molar-refractivity contribution >= 4 is 27.7 Å². The van der Waals surface area contributed by atoms with Gasteiger partial charge in [-0.15, -0.1) is 0 Å². The highest BCUT2D eigenvalue weighted by Gasteiger charge is 2.32. The summed E-state index contributed by atoms with van der Waals surface area (Å²) < 4.78 is 33.8. The Kier molecular flexibility index (Phi) is 9.23. The van der Waals surface area contributed by atoms with Gasteiger partial charge in [-0.1, -0.05) is 62.4 Å². The van der Waals surface area contributed by atoms with E-state index in [4.69, 9.17) is 5.10 Å². The summed E-state index contributed by atoms with van der Waals surface area (Å²) >= 11 is 0. The number of nitrogens with one attached hydrogen (secondary N) is 1. The fraction of sp³-hybridized carbons (Fsp3) is 0.243. The zero-order valence-corrected chi connectivity index (χ0v) is 28.6. The number of nitrogens with zero attached hydrogens (tertiary/aromatic N) is 6. The van der Waals surface area contributed by atoms with Crippen LogP contribution in [-0.2, 0) is 21.9 Å². The van der Waals surface area contributed by atoms with Crippen LogP contribution in [-0.4, -0.2) is 50.9 Å². The number of piperidine rings is 1. The molecule has 1 fully saturated rings. The van der Waals surface area contributed by atoms with Crippen molar-refractivity contribution < 1.29 is 13.2 Å². The first-order chi connectivity index (χ1) is 23.5. The molecule has 0 radical (unpaired) electrons. The van der Waals surface area contributed by atoms with Crippen molar-refractivity contribution in [1.82, 2.24) is 23.4 Å². The summed E-state index contributed by atoms with van der Waals surface area (Å²) in [5, 5.41) is 17.6. The van der Waals surface area contributed by atoms with E-state index < -0.39 is 21.5 Å². The van der Waals surface area contributed by atoms with Crippen molar-refractivity contribution in [2.45, 2.75) is 32.1 Å². The number of sulfonamides is 1. The number of para-hydroxylation sites is 2. The van der Waals surface area contributed by atoms with Gasteiger partial charge < -0.3 is 5.32 Å². The van der Waals surface area contributed by atoms with Gasteiger partial charge in [-0.05, 0) is 67.7 Å². The third-order valence-corrected chi connectivity index (χ3v) is 10.6. The monoisotopic (exact) mass is 675 g/mol. The standard InChI is InChI=1S/C37H37N7O4S/c1-25-18-26(2)23-42(22-25)49(47,48)33-17-11-12-28(20-33)35-30(24-43(40-35)31-13-7-5-8-14-31)19-29(21-38)36(45)39-34-27(3)41(4)44(37(34)46)32-15-9-6-10-16-32/h5-17,19-20,24-26H,18,22-23H2,1-4H3,(H,39,45). The minimum absolute atomic E-state index is 0.0527. The van der Waals surface area contributed by atoms with Crippen molar-refractivity contribution in [1.29, 1.82) is 5.26 Å². The summed E-state index contributed by atoms with van der Waals surface area (Å²) in [7, 11) is -2.08. The van der Waals surface area contributed by atoms with Gasteiger partial charge in [0.25, 0.3) is 11.5 Å². The van der Waals surface area contributed by atoms with Gasteiger partial charge in [-0.3, -0.25) is 14.3 Å². The van der Waals surface area contributed by atoms with Gasteiger partial charge in [0.2, 0.25) is 10.0 Å². The Balaban J connectivity index is 1.39.